The summed E-state index contributed by atoms with van der Waals surface area (Å²) in [4.78, 5) is 0. The zero-order valence-corrected chi connectivity index (χ0v) is 6.86. The van der Waals surface area contributed by atoms with Crippen molar-refractivity contribution >= 4 is 0 Å². The van der Waals surface area contributed by atoms with E-state index in [1.165, 1.54) is 19.4 Å². The van der Waals surface area contributed by atoms with Crippen LogP contribution in [-0.2, 0) is 4.74 Å². The molecule has 0 aromatic carbocycles. The first-order chi connectivity index (χ1) is 5.41. The van der Waals surface area contributed by atoms with Gasteiger partial charge < -0.3 is 15.4 Å². The lowest BCUT2D eigenvalue weighted by molar-refractivity contribution is 0.0651. The number of ether oxygens (including phenoxy) is 1. The van der Waals surface area contributed by atoms with Crippen molar-refractivity contribution in [3.63, 3.8) is 0 Å². The molecule has 0 saturated carbocycles. The van der Waals surface area contributed by atoms with Crippen LogP contribution in [0.25, 0.3) is 0 Å². The third-order valence-electron chi connectivity index (χ3n) is 2.72. The maximum absolute atomic E-state index is 5.40. The maximum Gasteiger partial charge on any atom is 0.0590 e. The predicted octanol–water partition coefficient (Wildman–Crippen LogP) is -0.272. The van der Waals surface area contributed by atoms with E-state index >= 15 is 0 Å². The molecule has 3 heteroatoms. The monoisotopic (exact) mass is 156 g/mol. The minimum absolute atomic E-state index is 0.389. The molecule has 0 aromatic heterocycles. The average Bonchev–Trinajstić information content (AvgIpc) is 1.82. The van der Waals surface area contributed by atoms with Crippen LogP contribution in [0.4, 0.5) is 0 Å². The lowest BCUT2D eigenvalue weighted by atomic mass is 9.84. The molecule has 0 radical (unpaired) electrons. The van der Waals surface area contributed by atoms with Gasteiger partial charge in [-0.2, -0.15) is 0 Å². The first-order valence-electron chi connectivity index (χ1n) is 4.45. The fourth-order valence-corrected chi connectivity index (χ4v) is 1.77. The largest absolute Gasteiger partial charge is 0.380 e. The van der Waals surface area contributed by atoms with Crippen LogP contribution in [0.15, 0.2) is 0 Å². The molecule has 2 aliphatic rings. The molecule has 0 amide bonds. The predicted molar refractivity (Wildman–Crippen MR) is 43.7 cm³/mol. The average molecular weight is 156 g/mol. The highest BCUT2D eigenvalue weighted by molar-refractivity contribution is 4.98. The molecule has 3 nitrogen and oxygen atoms in total. The SMILES string of the molecule is C1COCCC2(CCN2)CN1. The van der Waals surface area contributed by atoms with Crippen LogP contribution in [-0.4, -0.2) is 38.4 Å². The molecule has 2 aliphatic heterocycles. The quantitative estimate of drug-likeness (QED) is 0.506. The number of hydrogen-bond donors (Lipinski definition) is 2. The Balaban J connectivity index is 1.86. The summed E-state index contributed by atoms with van der Waals surface area (Å²) in [7, 11) is 0. The van der Waals surface area contributed by atoms with Gasteiger partial charge in [-0.05, 0) is 19.4 Å². The van der Waals surface area contributed by atoms with Gasteiger partial charge in [0, 0.05) is 25.2 Å². The second kappa shape index (κ2) is 3.09. The molecule has 2 rings (SSSR count). The molecular weight excluding hydrogens is 140 g/mol. The van der Waals surface area contributed by atoms with E-state index in [-0.39, 0.29) is 0 Å². The summed E-state index contributed by atoms with van der Waals surface area (Å²) in [6.07, 6.45) is 2.48. The molecule has 1 atom stereocenters. The highest BCUT2D eigenvalue weighted by atomic mass is 16.5. The molecule has 2 N–H and O–H groups in total. The fraction of sp³-hybridized carbons (Fsp3) is 1.00. The lowest BCUT2D eigenvalue weighted by Gasteiger charge is -2.44. The van der Waals surface area contributed by atoms with E-state index in [0.29, 0.717) is 5.54 Å². The smallest absolute Gasteiger partial charge is 0.0590 e. The van der Waals surface area contributed by atoms with Crippen molar-refractivity contribution in [2.45, 2.75) is 18.4 Å². The highest BCUT2D eigenvalue weighted by Crippen LogP contribution is 2.22. The Kier molecular flexibility index (Phi) is 2.11. The van der Waals surface area contributed by atoms with Gasteiger partial charge in [0.15, 0.2) is 0 Å². The molecule has 1 spiro atoms. The summed E-state index contributed by atoms with van der Waals surface area (Å²) in [5.74, 6) is 0. The van der Waals surface area contributed by atoms with Crippen LogP contribution in [0.5, 0.6) is 0 Å². The molecule has 0 aromatic rings. The molecule has 0 aliphatic carbocycles. The number of rotatable bonds is 0. The zero-order valence-electron chi connectivity index (χ0n) is 6.86. The van der Waals surface area contributed by atoms with E-state index in [1.54, 1.807) is 0 Å². The molecule has 11 heavy (non-hydrogen) atoms. The van der Waals surface area contributed by atoms with E-state index in [1.807, 2.05) is 0 Å². The van der Waals surface area contributed by atoms with Crippen molar-refractivity contribution in [3.05, 3.63) is 0 Å². The second-order valence-corrected chi connectivity index (χ2v) is 3.50. The second-order valence-electron chi connectivity index (χ2n) is 3.50. The lowest BCUT2D eigenvalue weighted by Crippen LogP contribution is -2.63. The molecule has 1 unspecified atom stereocenters. The van der Waals surface area contributed by atoms with Gasteiger partial charge in [-0.3, -0.25) is 0 Å². The summed E-state index contributed by atoms with van der Waals surface area (Å²) in [5, 5.41) is 6.88. The van der Waals surface area contributed by atoms with Crippen molar-refractivity contribution < 1.29 is 4.74 Å². The Hall–Kier alpha value is -0.120. The van der Waals surface area contributed by atoms with Crippen LogP contribution >= 0.6 is 0 Å². The van der Waals surface area contributed by atoms with Crippen molar-refractivity contribution in [1.29, 1.82) is 0 Å². The Labute approximate surface area is 67.5 Å². The maximum atomic E-state index is 5.40. The van der Waals surface area contributed by atoms with Gasteiger partial charge in [-0.1, -0.05) is 0 Å². The molecule has 2 fully saturated rings. The van der Waals surface area contributed by atoms with Gasteiger partial charge in [0.25, 0.3) is 0 Å². The van der Waals surface area contributed by atoms with Crippen LogP contribution in [0.3, 0.4) is 0 Å². The Morgan fingerprint density at radius 3 is 2.73 bits per heavy atom. The summed E-state index contributed by atoms with van der Waals surface area (Å²) >= 11 is 0. The van der Waals surface area contributed by atoms with Crippen LogP contribution in [0, 0.1) is 0 Å². The Morgan fingerprint density at radius 1 is 1.09 bits per heavy atom. The van der Waals surface area contributed by atoms with Crippen molar-refractivity contribution in [3.8, 4) is 0 Å². The van der Waals surface area contributed by atoms with E-state index in [2.05, 4.69) is 10.6 Å². The minimum atomic E-state index is 0.389. The minimum Gasteiger partial charge on any atom is -0.380 e. The van der Waals surface area contributed by atoms with Crippen LogP contribution < -0.4 is 10.6 Å². The van der Waals surface area contributed by atoms with Crippen LogP contribution in [0.1, 0.15) is 12.8 Å². The summed E-state index contributed by atoms with van der Waals surface area (Å²) in [5.41, 5.74) is 0.389. The van der Waals surface area contributed by atoms with Crippen molar-refractivity contribution in [2.75, 3.05) is 32.8 Å². The standard InChI is InChI=1S/C8H16N2O/c1-3-10-8(1)2-5-11-6-4-9-7-8/h9-10H,1-7H2. The Morgan fingerprint density at radius 2 is 2.00 bits per heavy atom. The number of hydrogen-bond acceptors (Lipinski definition) is 3. The van der Waals surface area contributed by atoms with Crippen LogP contribution in [0.2, 0.25) is 0 Å². The molecular formula is C8H16N2O. The third-order valence-corrected chi connectivity index (χ3v) is 2.72. The number of nitrogens with one attached hydrogen (secondary N) is 2. The molecule has 2 saturated heterocycles. The van der Waals surface area contributed by atoms with Gasteiger partial charge >= 0.3 is 0 Å². The molecule has 64 valence electrons. The van der Waals surface area contributed by atoms with Crippen molar-refractivity contribution in [1.82, 2.24) is 10.6 Å². The van der Waals surface area contributed by atoms with Gasteiger partial charge in [-0.15, -0.1) is 0 Å². The van der Waals surface area contributed by atoms with Gasteiger partial charge in [0.2, 0.25) is 0 Å². The first kappa shape index (κ1) is 7.53. The van der Waals surface area contributed by atoms with E-state index < -0.39 is 0 Å². The van der Waals surface area contributed by atoms with E-state index in [0.717, 1.165) is 26.3 Å². The topological polar surface area (TPSA) is 33.3 Å². The van der Waals surface area contributed by atoms with E-state index in [9.17, 15) is 0 Å². The fourth-order valence-electron chi connectivity index (χ4n) is 1.77. The highest BCUT2D eigenvalue weighted by Gasteiger charge is 2.35. The summed E-state index contributed by atoms with van der Waals surface area (Å²) < 4.78 is 5.40. The zero-order chi connectivity index (χ0) is 7.57. The molecule has 2 heterocycles. The van der Waals surface area contributed by atoms with Gasteiger partial charge in [0.1, 0.15) is 0 Å². The van der Waals surface area contributed by atoms with Gasteiger partial charge in [0.05, 0.1) is 6.61 Å². The van der Waals surface area contributed by atoms with E-state index in [4.69, 9.17) is 4.74 Å². The van der Waals surface area contributed by atoms with Crippen molar-refractivity contribution in [2.24, 2.45) is 0 Å². The Bertz CT molecular complexity index is 124. The normalized spacial score (nSPS) is 39.3. The third kappa shape index (κ3) is 1.55. The summed E-state index contributed by atoms with van der Waals surface area (Å²) in [6, 6.07) is 0. The molecule has 0 bridgehead atoms. The van der Waals surface area contributed by atoms with Gasteiger partial charge in [-0.25, -0.2) is 0 Å². The summed E-state index contributed by atoms with van der Waals surface area (Å²) in [6.45, 7) is 5.10. The first-order valence-corrected chi connectivity index (χ1v) is 4.45.